The number of hydrogen-bond donors (Lipinski definition) is 1. The molecule has 1 fully saturated rings. The van der Waals surface area contributed by atoms with Crippen LogP contribution in [0.15, 0.2) is 83.5 Å². The van der Waals surface area contributed by atoms with Crippen LogP contribution in [0, 0.1) is 5.82 Å². The standard InChI is InChI=1S/C27H24FNO6/c1-3-13-35-21-12-9-18(15-22(21)33-4-2)24-23(25(30)17-7-10-19(28)11-8-17)26(31)27(32)29(24)16-20-6-5-14-34-20/h3,5-12,14-15,24,30H,1,4,13,16H2,2H3/b25-23+. The fraction of sp³-hybridized carbons (Fsp3) is 0.185. The Morgan fingerprint density at radius 3 is 2.57 bits per heavy atom. The topological polar surface area (TPSA) is 89.2 Å². The van der Waals surface area contributed by atoms with Gasteiger partial charge in [0.05, 0.1) is 31.0 Å². The second kappa shape index (κ2) is 10.3. The molecular formula is C27H24FNO6. The summed E-state index contributed by atoms with van der Waals surface area (Å²) in [7, 11) is 0. The van der Waals surface area contributed by atoms with Crippen LogP contribution in [0.2, 0.25) is 0 Å². The van der Waals surface area contributed by atoms with E-state index in [1.54, 1.807) is 36.4 Å². The third-order valence-electron chi connectivity index (χ3n) is 5.50. The Kier molecular flexibility index (Phi) is 7.01. The number of carbonyl (C=O) groups excluding carboxylic acids is 2. The maximum atomic E-state index is 13.5. The number of amides is 1. The van der Waals surface area contributed by atoms with Gasteiger partial charge in [-0.3, -0.25) is 9.59 Å². The molecule has 1 unspecified atom stereocenters. The molecule has 0 radical (unpaired) electrons. The first kappa shape index (κ1) is 23.8. The minimum absolute atomic E-state index is 0.00111. The molecule has 0 saturated carbocycles. The van der Waals surface area contributed by atoms with Gasteiger partial charge in [-0.25, -0.2) is 4.39 Å². The number of aliphatic hydroxyl groups excluding tert-OH is 1. The van der Waals surface area contributed by atoms with E-state index in [-0.39, 0.29) is 24.3 Å². The summed E-state index contributed by atoms with van der Waals surface area (Å²) in [5, 5.41) is 11.1. The van der Waals surface area contributed by atoms with Crippen molar-refractivity contribution in [1.29, 1.82) is 0 Å². The third kappa shape index (κ3) is 4.82. The number of benzene rings is 2. The molecule has 180 valence electrons. The second-order valence-electron chi connectivity index (χ2n) is 7.75. The number of nitrogens with zero attached hydrogens (tertiary/aromatic N) is 1. The first-order valence-electron chi connectivity index (χ1n) is 11.0. The van der Waals surface area contributed by atoms with Gasteiger partial charge in [0, 0.05) is 5.56 Å². The first-order valence-corrected chi connectivity index (χ1v) is 11.0. The van der Waals surface area contributed by atoms with E-state index in [4.69, 9.17) is 13.9 Å². The second-order valence-corrected chi connectivity index (χ2v) is 7.75. The Morgan fingerprint density at radius 2 is 1.91 bits per heavy atom. The van der Waals surface area contributed by atoms with Crippen LogP contribution >= 0.6 is 0 Å². The lowest BCUT2D eigenvalue weighted by Gasteiger charge is -2.25. The fourth-order valence-corrected chi connectivity index (χ4v) is 3.95. The zero-order valence-electron chi connectivity index (χ0n) is 19.1. The average Bonchev–Trinajstić information content (AvgIpc) is 3.46. The van der Waals surface area contributed by atoms with Crippen molar-refractivity contribution in [2.24, 2.45) is 0 Å². The maximum absolute atomic E-state index is 13.5. The molecule has 1 N–H and O–H groups in total. The molecule has 0 spiro atoms. The van der Waals surface area contributed by atoms with Gasteiger partial charge in [-0.15, -0.1) is 0 Å². The number of ketones is 1. The largest absolute Gasteiger partial charge is 0.507 e. The van der Waals surface area contributed by atoms with E-state index in [2.05, 4.69) is 6.58 Å². The lowest BCUT2D eigenvalue weighted by molar-refractivity contribution is -0.140. The van der Waals surface area contributed by atoms with Crippen molar-refractivity contribution in [2.75, 3.05) is 13.2 Å². The van der Waals surface area contributed by atoms with Crippen LogP contribution in [0.1, 0.15) is 29.9 Å². The van der Waals surface area contributed by atoms with Crippen LogP contribution in [-0.2, 0) is 16.1 Å². The van der Waals surface area contributed by atoms with Crippen LogP contribution in [0.5, 0.6) is 11.5 Å². The Bertz CT molecular complexity index is 1260. The quantitative estimate of drug-likeness (QED) is 0.202. The summed E-state index contributed by atoms with van der Waals surface area (Å²) < 4.78 is 30.3. The van der Waals surface area contributed by atoms with E-state index in [9.17, 15) is 19.1 Å². The fourth-order valence-electron chi connectivity index (χ4n) is 3.95. The first-order chi connectivity index (χ1) is 16.9. The molecule has 8 heteroatoms. The monoisotopic (exact) mass is 477 g/mol. The highest BCUT2D eigenvalue weighted by Crippen LogP contribution is 2.42. The summed E-state index contributed by atoms with van der Waals surface area (Å²) in [6.07, 6.45) is 3.07. The van der Waals surface area contributed by atoms with Crippen molar-refractivity contribution in [3.8, 4) is 11.5 Å². The Balaban J connectivity index is 1.86. The number of ether oxygens (including phenoxy) is 2. The number of Topliss-reactive ketones (excluding diaryl/α,β-unsaturated/α-hetero) is 1. The summed E-state index contributed by atoms with van der Waals surface area (Å²) in [5.41, 5.74) is 0.618. The number of furan rings is 1. The molecule has 1 saturated heterocycles. The van der Waals surface area contributed by atoms with Gasteiger partial charge in [0.15, 0.2) is 11.5 Å². The normalized spacial score (nSPS) is 17.0. The highest BCUT2D eigenvalue weighted by atomic mass is 19.1. The van der Waals surface area contributed by atoms with E-state index in [0.29, 0.717) is 29.4 Å². The zero-order chi connectivity index (χ0) is 24.9. The lowest BCUT2D eigenvalue weighted by atomic mass is 9.95. The van der Waals surface area contributed by atoms with Crippen LogP contribution in [-0.4, -0.2) is 34.9 Å². The van der Waals surface area contributed by atoms with E-state index in [1.807, 2.05) is 6.92 Å². The Morgan fingerprint density at radius 1 is 1.14 bits per heavy atom. The predicted molar refractivity (Wildman–Crippen MR) is 126 cm³/mol. The minimum atomic E-state index is -0.946. The third-order valence-corrected chi connectivity index (χ3v) is 5.50. The Labute approximate surface area is 201 Å². The summed E-state index contributed by atoms with van der Waals surface area (Å²) in [4.78, 5) is 27.6. The SMILES string of the molecule is C=CCOc1ccc(C2/C(=C(\O)c3ccc(F)cc3)C(=O)C(=O)N2Cc2ccco2)cc1OCC. The van der Waals surface area contributed by atoms with Crippen molar-refractivity contribution in [3.05, 3.63) is 102 Å². The van der Waals surface area contributed by atoms with Gasteiger partial charge >= 0.3 is 0 Å². The van der Waals surface area contributed by atoms with Gasteiger partial charge in [0.1, 0.15) is 23.9 Å². The van der Waals surface area contributed by atoms with Crippen molar-refractivity contribution < 1.29 is 33.0 Å². The molecule has 2 aromatic carbocycles. The average molecular weight is 477 g/mol. The number of rotatable bonds is 9. The summed E-state index contributed by atoms with van der Waals surface area (Å²) >= 11 is 0. The number of likely N-dealkylation sites (tertiary alicyclic amines) is 1. The van der Waals surface area contributed by atoms with Crippen LogP contribution < -0.4 is 9.47 Å². The van der Waals surface area contributed by atoms with Gasteiger partial charge in [-0.05, 0) is 61.0 Å². The lowest BCUT2D eigenvalue weighted by Crippen LogP contribution is -2.29. The van der Waals surface area contributed by atoms with E-state index in [1.165, 1.54) is 35.4 Å². The van der Waals surface area contributed by atoms with Gasteiger partial charge in [-0.1, -0.05) is 18.7 Å². The van der Waals surface area contributed by atoms with Crippen molar-refractivity contribution in [3.63, 3.8) is 0 Å². The molecule has 2 heterocycles. The number of carbonyl (C=O) groups is 2. The molecular weight excluding hydrogens is 453 g/mol. The molecule has 35 heavy (non-hydrogen) atoms. The Hall–Kier alpha value is -4.33. The maximum Gasteiger partial charge on any atom is 0.296 e. The van der Waals surface area contributed by atoms with Crippen molar-refractivity contribution >= 4 is 17.4 Å². The van der Waals surface area contributed by atoms with Crippen LogP contribution in [0.25, 0.3) is 5.76 Å². The van der Waals surface area contributed by atoms with E-state index in [0.717, 1.165) is 0 Å². The molecule has 0 aliphatic carbocycles. The molecule has 1 aliphatic rings. The molecule has 0 bridgehead atoms. The summed E-state index contributed by atoms with van der Waals surface area (Å²) in [6, 6.07) is 12.5. The summed E-state index contributed by atoms with van der Waals surface area (Å²) in [5.74, 6) is -1.19. The van der Waals surface area contributed by atoms with Gasteiger partial charge < -0.3 is 23.9 Å². The molecule has 3 aromatic rings. The molecule has 7 nitrogen and oxygen atoms in total. The van der Waals surface area contributed by atoms with Gasteiger partial charge in [-0.2, -0.15) is 0 Å². The molecule has 1 aromatic heterocycles. The molecule has 1 atom stereocenters. The summed E-state index contributed by atoms with van der Waals surface area (Å²) in [6.45, 7) is 6.09. The van der Waals surface area contributed by atoms with Crippen LogP contribution in [0.3, 0.4) is 0 Å². The number of hydrogen-bond acceptors (Lipinski definition) is 6. The van der Waals surface area contributed by atoms with Crippen LogP contribution in [0.4, 0.5) is 4.39 Å². The highest BCUT2D eigenvalue weighted by Gasteiger charge is 2.46. The smallest absolute Gasteiger partial charge is 0.296 e. The van der Waals surface area contributed by atoms with E-state index < -0.39 is 29.3 Å². The minimum Gasteiger partial charge on any atom is -0.507 e. The molecule has 1 aliphatic heterocycles. The van der Waals surface area contributed by atoms with Crippen molar-refractivity contribution in [2.45, 2.75) is 19.5 Å². The van der Waals surface area contributed by atoms with Gasteiger partial charge in [0.25, 0.3) is 11.7 Å². The number of aliphatic hydroxyl groups is 1. The predicted octanol–water partition coefficient (Wildman–Crippen LogP) is 5.00. The zero-order valence-corrected chi connectivity index (χ0v) is 19.1. The highest BCUT2D eigenvalue weighted by molar-refractivity contribution is 6.46. The van der Waals surface area contributed by atoms with Gasteiger partial charge in [0.2, 0.25) is 0 Å². The molecule has 1 amide bonds. The van der Waals surface area contributed by atoms with Crippen molar-refractivity contribution in [1.82, 2.24) is 4.90 Å². The van der Waals surface area contributed by atoms with E-state index >= 15 is 0 Å². The molecule has 4 rings (SSSR count). The number of halogens is 1.